The van der Waals surface area contributed by atoms with E-state index in [2.05, 4.69) is 10.2 Å². The van der Waals surface area contributed by atoms with Crippen molar-refractivity contribution in [2.45, 2.75) is 45.3 Å². The smallest absolute Gasteiger partial charge is 0.410 e. The lowest BCUT2D eigenvalue weighted by Crippen LogP contribution is -2.43. The molecule has 1 aromatic heterocycles. The van der Waals surface area contributed by atoms with Crippen molar-refractivity contribution in [2.24, 2.45) is 0 Å². The van der Waals surface area contributed by atoms with Gasteiger partial charge in [0.25, 0.3) is 5.89 Å². The summed E-state index contributed by atoms with van der Waals surface area (Å²) in [5.41, 5.74) is 0.127. The van der Waals surface area contributed by atoms with Gasteiger partial charge in [-0.3, -0.25) is 9.69 Å². The van der Waals surface area contributed by atoms with E-state index in [1.807, 2.05) is 30.3 Å². The summed E-state index contributed by atoms with van der Waals surface area (Å²) in [7, 11) is 0. The van der Waals surface area contributed by atoms with Crippen LogP contribution in [0.2, 0.25) is 0 Å². The maximum Gasteiger partial charge on any atom is 0.410 e. The minimum Gasteiger partial charge on any atom is -0.444 e. The summed E-state index contributed by atoms with van der Waals surface area (Å²) in [4.78, 5) is 26.5. The first kappa shape index (κ1) is 17.1. The molecule has 0 saturated carbocycles. The fourth-order valence-electron chi connectivity index (χ4n) is 2.74. The SMILES string of the molecule is CC(C)(C)OC(=O)N1CCC[C@H]1C(=O)c1nnc(-c2ccccc2)o1. The molecule has 1 atom stereocenters. The first-order chi connectivity index (χ1) is 11.8. The van der Waals surface area contributed by atoms with Gasteiger partial charge in [-0.05, 0) is 45.7 Å². The Balaban J connectivity index is 1.76. The molecule has 0 aliphatic carbocycles. The fraction of sp³-hybridized carbons (Fsp3) is 0.444. The van der Waals surface area contributed by atoms with Gasteiger partial charge < -0.3 is 9.15 Å². The molecule has 0 spiro atoms. The van der Waals surface area contributed by atoms with E-state index in [4.69, 9.17) is 9.15 Å². The molecular formula is C18H21N3O4. The van der Waals surface area contributed by atoms with Gasteiger partial charge >= 0.3 is 6.09 Å². The van der Waals surface area contributed by atoms with Crippen LogP contribution in [-0.4, -0.2) is 45.2 Å². The van der Waals surface area contributed by atoms with Gasteiger partial charge in [0.2, 0.25) is 11.7 Å². The fourth-order valence-corrected chi connectivity index (χ4v) is 2.74. The van der Waals surface area contributed by atoms with Crippen LogP contribution in [0, 0.1) is 0 Å². The van der Waals surface area contributed by atoms with E-state index in [-0.39, 0.29) is 17.6 Å². The monoisotopic (exact) mass is 343 g/mol. The van der Waals surface area contributed by atoms with E-state index in [0.717, 1.165) is 12.0 Å². The number of benzene rings is 1. The largest absolute Gasteiger partial charge is 0.444 e. The quantitative estimate of drug-likeness (QED) is 0.795. The maximum atomic E-state index is 12.7. The van der Waals surface area contributed by atoms with Crippen molar-refractivity contribution in [2.75, 3.05) is 6.54 Å². The molecule has 1 aromatic carbocycles. The molecular weight excluding hydrogens is 322 g/mol. The number of aromatic nitrogens is 2. The van der Waals surface area contributed by atoms with Crippen LogP contribution >= 0.6 is 0 Å². The van der Waals surface area contributed by atoms with Crippen molar-refractivity contribution in [1.82, 2.24) is 15.1 Å². The molecule has 2 heterocycles. The first-order valence-electron chi connectivity index (χ1n) is 8.28. The van der Waals surface area contributed by atoms with Crippen LogP contribution < -0.4 is 0 Å². The molecule has 7 nitrogen and oxygen atoms in total. The second kappa shape index (κ2) is 6.66. The molecule has 1 aliphatic heterocycles. The second-order valence-electron chi connectivity index (χ2n) is 6.97. The van der Waals surface area contributed by atoms with Crippen LogP contribution in [0.25, 0.3) is 11.5 Å². The molecule has 0 bridgehead atoms. The van der Waals surface area contributed by atoms with E-state index in [0.29, 0.717) is 13.0 Å². The van der Waals surface area contributed by atoms with Crippen LogP contribution in [0.4, 0.5) is 4.79 Å². The zero-order valence-corrected chi connectivity index (χ0v) is 14.6. The van der Waals surface area contributed by atoms with Crippen molar-refractivity contribution in [1.29, 1.82) is 0 Å². The summed E-state index contributed by atoms with van der Waals surface area (Å²) >= 11 is 0. The Morgan fingerprint density at radius 3 is 2.60 bits per heavy atom. The van der Waals surface area contributed by atoms with Gasteiger partial charge in [-0.1, -0.05) is 18.2 Å². The number of rotatable bonds is 3. The Bertz CT molecular complexity index is 764. The number of Topliss-reactive ketones (excluding diaryl/α,β-unsaturated/α-hetero) is 1. The average molecular weight is 343 g/mol. The van der Waals surface area contributed by atoms with Gasteiger partial charge in [-0.25, -0.2) is 4.79 Å². The van der Waals surface area contributed by atoms with Crippen molar-refractivity contribution >= 4 is 11.9 Å². The minimum absolute atomic E-state index is 0.0840. The van der Waals surface area contributed by atoms with E-state index in [1.54, 1.807) is 20.8 Å². The zero-order chi connectivity index (χ0) is 18.0. The van der Waals surface area contributed by atoms with Crippen molar-refractivity contribution in [3.63, 3.8) is 0 Å². The van der Waals surface area contributed by atoms with Crippen molar-refractivity contribution in [3.05, 3.63) is 36.2 Å². The summed E-state index contributed by atoms with van der Waals surface area (Å²) in [6, 6.07) is 8.60. The maximum absolute atomic E-state index is 12.7. The van der Waals surface area contributed by atoms with Gasteiger partial charge in [0.1, 0.15) is 11.6 Å². The Labute approximate surface area is 146 Å². The van der Waals surface area contributed by atoms with Gasteiger partial charge in [0, 0.05) is 12.1 Å². The highest BCUT2D eigenvalue weighted by Gasteiger charge is 2.39. The summed E-state index contributed by atoms with van der Waals surface area (Å²) in [5.74, 6) is -0.150. The molecule has 3 rings (SSSR count). The number of carbonyl (C=O) groups is 2. The van der Waals surface area contributed by atoms with Crippen LogP contribution in [0.1, 0.15) is 44.3 Å². The Hall–Kier alpha value is -2.70. The van der Waals surface area contributed by atoms with Gasteiger partial charge in [-0.15, -0.1) is 10.2 Å². The van der Waals surface area contributed by atoms with Gasteiger partial charge in [-0.2, -0.15) is 0 Å². The summed E-state index contributed by atoms with van der Waals surface area (Å²) < 4.78 is 10.9. The molecule has 0 radical (unpaired) electrons. The van der Waals surface area contributed by atoms with E-state index < -0.39 is 17.7 Å². The Kier molecular flexibility index (Phi) is 4.57. The van der Waals surface area contributed by atoms with Crippen LogP contribution in [0.15, 0.2) is 34.7 Å². The van der Waals surface area contributed by atoms with Gasteiger partial charge in [0.05, 0.1) is 0 Å². The summed E-state index contributed by atoms with van der Waals surface area (Å²) in [6.45, 7) is 5.86. The second-order valence-corrected chi connectivity index (χ2v) is 6.97. The molecule has 0 N–H and O–H groups in total. The van der Waals surface area contributed by atoms with Crippen molar-refractivity contribution in [3.8, 4) is 11.5 Å². The number of nitrogens with zero attached hydrogens (tertiary/aromatic N) is 3. The van der Waals surface area contributed by atoms with E-state index in [9.17, 15) is 9.59 Å². The number of likely N-dealkylation sites (tertiary alicyclic amines) is 1. The molecule has 1 aliphatic rings. The van der Waals surface area contributed by atoms with E-state index >= 15 is 0 Å². The number of hydrogen-bond donors (Lipinski definition) is 0. The van der Waals surface area contributed by atoms with Crippen molar-refractivity contribution < 1.29 is 18.7 Å². The molecule has 2 aromatic rings. The molecule has 0 unspecified atom stereocenters. The average Bonchev–Trinajstić information content (AvgIpc) is 3.23. The number of amides is 1. The lowest BCUT2D eigenvalue weighted by Gasteiger charge is -2.27. The topological polar surface area (TPSA) is 85.5 Å². The molecule has 1 amide bonds. The third kappa shape index (κ3) is 3.87. The molecule has 1 saturated heterocycles. The predicted molar refractivity (Wildman–Crippen MR) is 90.0 cm³/mol. The Morgan fingerprint density at radius 1 is 1.20 bits per heavy atom. The molecule has 132 valence electrons. The molecule has 25 heavy (non-hydrogen) atoms. The summed E-state index contributed by atoms with van der Waals surface area (Å²) in [5, 5.41) is 7.80. The van der Waals surface area contributed by atoms with Gasteiger partial charge in [0.15, 0.2) is 0 Å². The van der Waals surface area contributed by atoms with Crippen LogP contribution in [0.5, 0.6) is 0 Å². The van der Waals surface area contributed by atoms with E-state index in [1.165, 1.54) is 4.90 Å². The highest BCUT2D eigenvalue weighted by molar-refractivity contribution is 5.98. The summed E-state index contributed by atoms with van der Waals surface area (Å²) in [6.07, 6.45) is 0.794. The lowest BCUT2D eigenvalue weighted by atomic mass is 10.1. The Morgan fingerprint density at radius 2 is 1.92 bits per heavy atom. The molecule has 7 heteroatoms. The first-order valence-corrected chi connectivity index (χ1v) is 8.28. The zero-order valence-electron chi connectivity index (χ0n) is 14.6. The third-order valence-electron chi connectivity index (χ3n) is 3.84. The highest BCUT2D eigenvalue weighted by atomic mass is 16.6. The lowest BCUT2D eigenvalue weighted by molar-refractivity contribution is 0.0219. The number of ketones is 1. The number of ether oxygens (including phenoxy) is 1. The van der Waals surface area contributed by atoms with Crippen LogP contribution in [0.3, 0.4) is 0 Å². The van der Waals surface area contributed by atoms with Crippen LogP contribution in [-0.2, 0) is 4.74 Å². The highest BCUT2D eigenvalue weighted by Crippen LogP contribution is 2.25. The predicted octanol–water partition coefficient (Wildman–Crippen LogP) is 3.32. The third-order valence-corrected chi connectivity index (χ3v) is 3.84. The normalized spacial score (nSPS) is 17.6. The minimum atomic E-state index is -0.626. The molecule has 1 fully saturated rings. The number of carbonyl (C=O) groups excluding carboxylic acids is 2. The standard InChI is InChI=1S/C18H21N3O4/c1-18(2,3)25-17(23)21-11-7-10-13(21)14(22)16-20-19-15(24-16)12-8-5-4-6-9-12/h4-6,8-9,13H,7,10-11H2,1-3H3/t13-/m0/s1. The number of hydrogen-bond acceptors (Lipinski definition) is 6.